The molecule has 0 aliphatic heterocycles. The maximum absolute atomic E-state index is 12.2. The molecule has 5 nitrogen and oxygen atoms in total. The molecule has 0 amide bonds. The van der Waals surface area contributed by atoms with E-state index in [1.807, 2.05) is 18.2 Å². The van der Waals surface area contributed by atoms with Gasteiger partial charge in [0.25, 0.3) is 5.24 Å². The molecule has 0 saturated carbocycles. The molecule has 0 N–H and O–H groups in total. The average molecular weight is 368 g/mol. The van der Waals surface area contributed by atoms with Crippen LogP contribution in [0.2, 0.25) is 0 Å². The minimum atomic E-state index is -3.57. The number of halogens is 1. The van der Waals surface area contributed by atoms with Crippen molar-refractivity contribution < 1.29 is 17.9 Å². The zero-order chi connectivity index (χ0) is 18.1. The number of aryl methyl sites for hydroxylation is 1. The molecule has 0 bridgehead atoms. The van der Waals surface area contributed by atoms with Crippen molar-refractivity contribution in [2.75, 3.05) is 25.3 Å². The predicted octanol–water partition coefficient (Wildman–Crippen LogP) is 3.55. The summed E-state index contributed by atoms with van der Waals surface area (Å²) in [7, 11) is -0.286. The molecule has 0 aliphatic rings. The molecule has 2 rings (SSSR count). The lowest BCUT2D eigenvalue weighted by molar-refractivity contribution is 0.108. The van der Waals surface area contributed by atoms with E-state index < -0.39 is 15.1 Å². The molecule has 0 saturated heterocycles. The van der Waals surface area contributed by atoms with Crippen LogP contribution in [0.3, 0.4) is 0 Å². The van der Waals surface area contributed by atoms with Crippen molar-refractivity contribution in [1.29, 1.82) is 0 Å². The summed E-state index contributed by atoms with van der Waals surface area (Å²) in [5, 5.41) is -0.691. The summed E-state index contributed by atoms with van der Waals surface area (Å²) in [6.45, 7) is 1.71. The van der Waals surface area contributed by atoms with Crippen molar-refractivity contribution in [1.82, 2.24) is 0 Å². The lowest BCUT2D eigenvalue weighted by Crippen LogP contribution is -2.16. The first kappa shape index (κ1) is 18.3. The zero-order valence-electron chi connectivity index (χ0n) is 13.8. The van der Waals surface area contributed by atoms with E-state index in [0.29, 0.717) is 22.7 Å². The third-order valence-electron chi connectivity index (χ3n) is 3.73. The van der Waals surface area contributed by atoms with Crippen molar-refractivity contribution in [3.8, 4) is 5.75 Å². The summed E-state index contributed by atoms with van der Waals surface area (Å²) < 4.78 is 29.8. The first-order valence-corrected chi connectivity index (χ1v) is 9.35. The van der Waals surface area contributed by atoms with Gasteiger partial charge in [-0.15, -0.1) is 0 Å². The number of methoxy groups -OCH3 is 1. The van der Waals surface area contributed by atoms with Gasteiger partial charge in [0.2, 0.25) is 0 Å². The number of sulfone groups is 1. The van der Waals surface area contributed by atoms with Gasteiger partial charge in [0.15, 0.2) is 9.84 Å². The van der Waals surface area contributed by atoms with Crippen LogP contribution in [0.4, 0.5) is 11.4 Å². The monoisotopic (exact) mass is 367 g/mol. The topological polar surface area (TPSA) is 63.7 Å². The summed E-state index contributed by atoms with van der Waals surface area (Å²) >= 11 is 5.56. The summed E-state index contributed by atoms with van der Waals surface area (Å²) in [6.07, 6.45) is 1.10. The quantitative estimate of drug-likeness (QED) is 0.756. The average Bonchev–Trinajstić information content (AvgIpc) is 2.52. The largest absolute Gasteiger partial charge is 0.495 e. The molecule has 0 heterocycles. The van der Waals surface area contributed by atoms with Crippen LogP contribution in [0.5, 0.6) is 5.75 Å². The van der Waals surface area contributed by atoms with Gasteiger partial charge in [-0.25, -0.2) is 8.42 Å². The SMILES string of the molecule is COc1ccccc1N(C)c1cc(C)c(C(=O)Cl)cc1S(C)(=O)=O. The lowest BCUT2D eigenvalue weighted by atomic mass is 10.1. The van der Waals surface area contributed by atoms with Crippen molar-refractivity contribution in [3.05, 3.63) is 47.5 Å². The molecule has 0 spiro atoms. The Morgan fingerprint density at radius 2 is 1.79 bits per heavy atom. The van der Waals surface area contributed by atoms with Gasteiger partial charge in [-0.2, -0.15) is 0 Å². The molecule has 2 aromatic rings. The number of ether oxygens (including phenoxy) is 1. The maximum atomic E-state index is 12.2. The molecule has 2 aromatic carbocycles. The molecule has 0 unspecified atom stereocenters. The van der Waals surface area contributed by atoms with E-state index in [4.69, 9.17) is 16.3 Å². The molecule has 0 aromatic heterocycles. The number of para-hydroxylation sites is 2. The molecule has 128 valence electrons. The molecule has 0 atom stereocenters. The van der Waals surface area contributed by atoms with E-state index >= 15 is 0 Å². The van der Waals surface area contributed by atoms with E-state index in [2.05, 4.69) is 0 Å². The fourth-order valence-corrected chi connectivity index (χ4v) is 3.59. The van der Waals surface area contributed by atoms with Gasteiger partial charge in [-0.3, -0.25) is 4.79 Å². The standard InChI is InChI=1S/C17H18ClNO4S/c1-11-9-14(16(24(4,21)22)10-12(11)17(18)20)19(2)13-7-5-6-8-15(13)23-3/h5-10H,1-4H3. The molecule has 7 heteroatoms. The van der Waals surface area contributed by atoms with Crippen LogP contribution in [0.15, 0.2) is 41.3 Å². The molecular formula is C17H18ClNO4S. The van der Waals surface area contributed by atoms with Crippen molar-refractivity contribution in [3.63, 3.8) is 0 Å². The molecular weight excluding hydrogens is 350 g/mol. The Morgan fingerprint density at radius 3 is 2.33 bits per heavy atom. The highest BCUT2D eigenvalue weighted by Gasteiger charge is 2.22. The summed E-state index contributed by atoms with van der Waals surface area (Å²) in [6, 6.07) is 10.2. The smallest absolute Gasteiger partial charge is 0.252 e. The third kappa shape index (κ3) is 3.55. The number of anilines is 2. The number of hydrogen-bond donors (Lipinski definition) is 0. The van der Waals surface area contributed by atoms with Crippen LogP contribution in [-0.4, -0.2) is 34.1 Å². The highest BCUT2D eigenvalue weighted by Crippen LogP contribution is 2.37. The second-order valence-corrected chi connectivity index (χ2v) is 7.74. The van der Waals surface area contributed by atoms with Crippen LogP contribution in [0.1, 0.15) is 15.9 Å². The minimum Gasteiger partial charge on any atom is -0.495 e. The van der Waals surface area contributed by atoms with Crippen molar-refractivity contribution in [2.45, 2.75) is 11.8 Å². The van der Waals surface area contributed by atoms with E-state index in [1.165, 1.54) is 6.07 Å². The molecule has 0 fully saturated rings. The second kappa shape index (κ2) is 6.83. The second-order valence-electron chi connectivity index (χ2n) is 5.41. The highest BCUT2D eigenvalue weighted by molar-refractivity contribution is 7.90. The Kier molecular flexibility index (Phi) is 5.20. The summed E-state index contributed by atoms with van der Waals surface area (Å²) in [5.41, 5.74) is 1.92. The third-order valence-corrected chi connectivity index (χ3v) is 5.05. The predicted molar refractivity (Wildman–Crippen MR) is 95.5 cm³/mol. The fraction of sp³-hybridized carbons (Fsp3) is 0.235. The van der Waals surface area contributed by atoms with Crippen molar-refractivity contribution >= 4 is 38.1 Å². The number of benzene rings is 2. The first-order valence-electron chi connectivity index (χ1n) is 7.08. The van der Waals surface area contributed by atoms with Crippen LogP contribution in [0.25, 0.3) is 0 Å². The van der Waals surface area contributed by atoms with Gasteiger partial charge in [-0.05, 0) is 48.4 Å². The van der Waals surface area contributed by atoms with Crippen LogP contribution < -0.4 is 9.64 Å². The summed E-state index contributed by atoms with van der Waals surface area (Å²) in [5.74, 6) is 0.606. The van der Waals surface area contributed by atoms with E-state index in [9.17, 15) is 13.2 Å². The molecule has 0 aliphatic carbocycles. The fourth-order valence-electron chi connectivity index (χ4n) is 2.48. The molecule has 24 heavy (non-hydrogen) atoms. The number of carbonyl (C=O) groups excluding carboxylic acids is 1. The first-order chi connectivity index (χ1) is 11.2. The normalized spacial score (nSPS) is 11.2. The van der Waals surface area contributed by atoms with E-state index in [0.717, 1.165) is 6.26 Å². The van der Waals surface area contributed by atoms with Crippen LogP contribution >= 0.6 is 11.6 Å². The van der Waals surface area contributed by atoms with Gasteiger partial charge in [0.05, 0.1) is 23.4 Å². The maximum Gasteiger partial charge on any atom is 0.252 e. The Bertz CT molecular complexity index is 893. The lowest BCUT2D eigenvalue weighted by Gasteiger charge is -2.25. The number of nitrogens with zero attached hydrogens (tertiary/aromatic N) is 1. The van der Waals surface area contributed by atoms with Crippen LogP contribution in [-0.2, 0) is 9.84 Å². The highest BCUT2D eigenvalue weighted by atomic mass is 35.5. The Hall–Kier alpha value is -2.05. The van der Waals surface area contributed by atoms with Crippen LogP contribution in [0, 0.1) is 6.92 Å². The Balaban J connectivity index is 2.73. The summed E-state index contributed by atoms with van der Waals surface area (Å²) in [4.78, 5) is 13.3. The van der Waals surface area contributed by atoms with Gasteiger partial charge < -0.3 is 9.64 Å². The van der Waals surface area contributed by atoms with E-state index in [-0.39, 0.29) is 10.5 Å². The van der Waals surface area contributed by atoms with E-state index in [1.54, 1.807) is 38.1 Å². The van der Waals surface area contributed by atoms with Gasteiger partial charge >= 0.3 is 0 Å². The Morgan fingerprint density at radius 1 is 1.17 bits per heavy atom. The zero-order valence-corrected chi connectivity index (χ0v) is 15.4. The molecule has 0 radical (unpaired) electrons. The van der Waals surface area contributed by atoms with Gasteiger partial charge in [0, 0.05) is 18.9 Å². The van der Waals surface area contributed by atoms with Crippen molar-refractivity contribution in [2.24, 2.45) is 0 Å². The van der Waals surface area contributed by atoms with Gasteiger partial charge in [-0.1, -0.05) is 12.1 Å². The minimum absolute atomic E-state index is 0.0329. The number of rotatable bonds is 5. The number of hydrogen-bond acceptors (Lipinski definition) is 5. The van der Waals surface area contributed by atoms with Gasteiger partial charge in [0.1, 0.15) is 5.75 Å². The number of carbonyl (C=O) groups is 1. The Labute approximate surface area is 146 Å².